The fourth-order valence-electron chi connectivity index (χ4n) is 1.15. The maximum atomic E-state index is 5.30. The van der Waals surface area contributed by atoms with Gasteiger partial charge < -0.3 is 5.73 Å². The van der Waals surface area contributed by atoms with Gasteiger partial charge in [0.15, 0.2) is 0 Å². The van der Waals surface area contributed by atoms with E-state index in [4.69, 9.17) is 5.73 Å². The van der Waals surface area contributed by atoms with E-state index in [0.29, 0.717) is 6.54 Å². The summed E-state index contributed by atoms with van der Waals surface area (Å²) in [5, 5.41) is 0. The van der Waals surface area contributed by atoms with Crippen molar-refractivity contribution in [1.82, 2.24) is 4.90 Å². The average Bonchev–Trinajstić information content (AvgIpc) is 1.95. The molecule has 0 aromatic heterocycles. The molecule has 0 bridgehead atoms. The fraction of sp³-hybridized carbons (Fsp3) is 0.750. The highest BCUT2D eigenvalue weighted by molar-refractivity contribution is 4.90. The van der Waals surface area contributed by atoms with Gasteiger partial charge in [0.1, 0.15) is 0 Å². The molecule has 1 saturated heterocycles. The van der Waals surface area contributed by atoms with E-state index in [-0.39, 0.29) is 0 Å². The van der Waals surface area contributed by atoms with Crippen molar-refractivity contribution < 1.29 is 0 Å². The van der Waals surface area contributed by atoms with E-state index in [1.54, 1.807) is 0 Å². The number of likely N-dealkylation sites (tertiary alicyclic amines) is 1. The Morgan fingerprint density at radius 1 is 1.60 bits per heavy atom. The monoisotopic (exact) mass is 140 g/mol. The molecule has 58 valence electrons. The lowest BCUT2D eigenvalue weighted by Crippen LogP contribution is -2.45. The molecule has 0 amide bonds. The van der Waals surface area contributed by atoms with E-state index in [0.717, 1.165) is 12.6 Å². The Morgan fingerprint density at radius 3 is 2.80 bits per heavy atom. The third kappa shape index (κ3) is 1.82. The van der Waals surface area contributed by atoms with Crippen LogP contribution < -0.4 is 5.73 Å². The van der Waals surface area contributed by atoms with Gasteiger partial charge in [-0.15, -0.1) is 0 Å². The molecule has 0 spiro atoms. The van der Waals surface area contributed by atoms with Crippen LogP contribution >= 0.6 is 0 Å². The molecule has 1 aliphatic rings. The minimum Gasteiger partial charge on any atom is -0.327 e. The van der Waals surface area contributed by atoms with Crippen LogP contribution in [0.25, 0.3) is 0 Å². The fourth-order valence-corrected chi connectivity index (χ4v) is 1.15. The maximum Gasteiger partial charge on any atom is 0.0166 e. The van der Waals surface area contributed by atoms with Crippen molar-refractivity contribution in [2.45, 2.75) is 19.4 Å². The lowest BCUT2D eigenvalue weighted by molar-refractivity contribution is 0.121. The van der Waals surface area contributed by atoms with Crippen LogP contribution in [-0.2, 0) is 0 Å². The van der Waals surface area contributed by atoms with Crippen LogP contribution in [0.3, 0.4) is 0 Å². The standard InChI is InChI=1S/C8H16N2/c1-8-4-7-10(8)6-3-2-5-9/h2-3,8H,4-7,9H2,1H3/b3-2+. The molecule has 2 nitrogen and oxygen atoms in total. The zero-order valence-corrected chi connectivity index (χ0v) is 6.59. The average molecular weight is 140 g/mol. The molecule has 2 heteroatoms. The minimum absolute atomic E-state index is 0.669. The summed E-state index contributed by atoms with van der Waals surface area (Å²) in [7, 11) is 0. The van der Waals surface area contributed by atoms with Gasteiger partial charge in [-0.05, 0) is 13.3 Å². The summed E-state index contributed by atoms with van der Waals surface area (Å²) in [5.41, 5.74) is 5.30. The van der Waals surface area contributed by atoms with Crippen molar-refractivity contribution in [3.63, 3.8) is 0 Å². The van der Waals surface area contributed by atoms with E-state index in [1.807, 2.05) is 6.08 Å². The Balaban J connectivity index is 2.08. The van der Waals surface area contributed by atoms with Gasteiger partial charge in [0, 0.05) is 25.7 Å². The van der Waals surface area contributed by atoms with Crippen molar-refractivity contribution in [2.24, 2.45) is 5.73 Å². The Morgan fingerprint density at radius 2 is 2.40 bits per heavy atom. The van der Waals surface area contributed by atoms with Gasteiger partial charge in [0.25, 0.3) is 0 Å². The third-order valence-corrected chi connectivity index (χ3v) is 2.10. The number of nitrogens with two attached hydrogens (primary N) is 1. The zero-order chi connectivity index (χ0) is 7.40. The van der Waals surface area contributed by atoms with Crippen molar-refractivity contribution in [3.05, 3.63) is 12.2 Å². The van der Waals surface area contributed by atoms with Crippen molar-refractivity contribution >= 4 is 0 Å². The first-order chi connectivity index (χ1) is 4.84. The summed E-state index contributed by atoms with van der Waals surface area (Å²) < 4.78 is 0. The molecule has 2 N–H and O–H groups in total. The van der Waals surface area contributed by atoms with E-state index >= 15 is 0 Å². The summed E-state index contributed by atoms with van der Waals surface area (Å²) in [6, 6.07) is 0.794. The van der Waals surface area contributed by atoms with Crippen molar-refractivity contribution in [3.8, 4) is 0 Å². The smallest absolute Gasteiger partial charge is 0.0166 e. The number of rotatable bonds is 3. The zero-order valence-electron chi connectivity index (χ0n) is 6.59. The van der Waals surface area contributed by atoms with E-state index in [9.17, 15) is 0 Å². The molecule has 1 aliphatic heterocycles. The van der Waals surface area contributed by atoms with Crippen molar-refractivity contribution in [2.75, 3.05) is 19.6 Å². The minimum atomic E-state index is 0.669. The highest BCUT2D eigenvalue weighted by Gasteiger charge is 2.20. The molecule has 1 heterocycles. The molecule has 1 unspecified atom stereocenters. The van der Waals surface area contributed by atoms with Crippen LogP contribution in [0.2, 0.25) is 0 Å². The van der Waals surface area contributed by atoms with Gasteiger partial charge in [0.05, 0.1) is 0 Å². The summed E-state index contributed by atoms with van der Waals surface area (Å²) in [6.45, 7) is 5.27. The van der Waals surface area contributed by atoms with Gasteiger partial charge >= 0.3 is 0 Å². The number of hydrogen-bond acceptors (Lipinski definition) is 2. The molecule has 0 radical (unpaired) electrons. The molecule has 1 fully saturated rings. The van der Waals surface area contributed by atoms with Crippen LogP contribution in [-0.4, -0.2) is 30.6 Å². The quantitative estimate of drug-likeness (QED) is 0.581. The summed E-state index contributed by atoms with van der Waals surface area (Å²) in [4.78, 5) is 2.44. The SMILES string of the molecule is CC1CCN1C/C=C/CN. The predicted octanol–water partition coefficient (Wildman–Crippen LogP) is 0.596. The van der Waals surface area contributed by atoms with Crippen LogP contribution in [0.4, 0.5) is 0 Å². The largest absolute Gasteiger partial charge is 0.327 e. The van der Waals surface area contributed by atoms with Crippen molar-refractivity contribution in [1.29, 1.82) is 0 Å². The first-order valence-electron chi connectivity index (χ1n) is 3.93. The predicted molar refractivity (Wildman–Crippen MR) is 43.8 cm³/mol. The molecule has 10 heavy (non-hydrogen) atoms. The summed E-state index contributed by atoms with van der Waals surface area (Å²) in [6.07, 6.45) is 5.52. The van der Waals surface area contributed by atoms with E-state index in [1.165, 1.54) is 13.0 Å². The lowest BCUT2D eigenvalue weighted by Gasteiger charge is -2.37. The first kappa shape index (κ1) is 7.76. The topological polar surface area (TPSA) is 29.3 Å². The molecule has 0 aromatic carbocycles. The highest BCUT2D eigenvalue weighted by Crippen LogP contribution is 2.14. The Bertz CT molecular complexity index is 120. The Labute approximate surface area is 62.7 Å². The van der Waals surface area contributed by atoms with E-state index in [2.05, 4.69) is 17.9 Å². The van der Waals surface area contributed by atoms with Gasteiger partial charge in [-0.2, -0.15) is 0 Å². The second-order valence-electron chi connectivity index (χ2n) is 2.84. The molecule has 0 aliphatic carbocycles. The molecule has 0 aromatic rings. The second-order valence-corrected chi connectivity index (χ2v) is 2.84. The van der Waals surface area contributed by atoms with Gasteiger partial charge in [-0.1, -0.05) is 12.2 Å². The van der Waals surface area contributed by atoms with E-state index < -0.39 is 0 Å². The van der Waals surface area contributed by atoms with Gasteiger partial charge in [-0.3, -0.25) is 4.90 Å². The molecular weight excluding hydrogens is 124 g/mol. The van der Waals surface area contributed by atoms with Crippen LogP contribution in [0, 0.1) is 0 Å². The summed E-state index contributed by atoms with van der Waals surface area (Å²) >= 11 is 0. The maximum absolute atomic E-state index is 5.30. The molecule has 0 saturated carbocycles. The molecule has 1 rings (SSSR count). The molecular formula is C8H16N2. The second kappa shape index (κ2) is 3.74. The Hall–Kier alpha value is -0.340. The number of hydrogen-bond donors (Lipinski definition) is 1. The third-order valence-electron chi connectivity index (χ3n) is 2.10. The van der Waals surface area contributed by atoms with Crippen LogP contribution in [0.15, 0.2) is 12.2 Å². The first-order valence-corrected chi connectivity index (χ1v) is 3.93. The molecule has 1 atom stereocenters. The number of nitrogens with zero attached hydrogens (tertiary/aromatic N) is 1. The lowest BCUT2D eigenvalue weighted by atomic mass is 10.1. The van der Waals surface area contributed by atoms with Gasteiger partial charge in [0.2, 0.25) is 0 Å². The summed E-state index contributed by atoms with van der Waals surface area (Å²) in [5.74, 6) is 0. The van der Waals surface area contributed by atoms with Gasteiger partial charge in [-0.25, -0.2) is 0 Å². The normalized spacial score (nSPS) is 27.2. The Kier molecular flexibility index (Phi) is 2.90. The highest BCUT2D eigenvalue weighted by atomic mass is 15.2. The van der Waals surface area contributed by atoms with Crippen LogP contribution in [0.1, 0.15) is 13.3 Å². The van der Waals surface area contributed by atoms with Crippen LogP contribution in [0.5, 0.6) is 0 Å².